The Kier molecular flexibility index (Phi) is 5.37. The maximum atomic E-state index is 5.37. The summed E-state index contributed by atoms with van der Waals surface area (Å²) in [6, 6.07) is 8.41. The first-order valence-corrected chi connectivity index (χ1v) is 7.21. The summed E-state index contributed by atoms with van der Waals surface area (Å²) in [5.74, 6) is 1.92. The number of benzene rings is 1. The molecule has 5 heteroatoms. The third-order valence-electron chi connectivity index (χ3n) is 3.28. The Hall–Kier alpha value is -2.30. The Bertz CT molecular complexity index is 569. The van der Waals surface area contributed by atoms with Crippen molar-refractivity contribution in [3.63, 3.8) is 0 Å². The van der Waals surface area contributed by atoms with Gasteiger partial charge in [0.25, 0.3) is 0 Å². The van der Waals surface area contributed by atoms with Gasteiger partial charge in [-0.2, -0.15) is 0 Å². The molecule has 0 radical (unpaired) electrons. The molecule has 1 heterocycles. The highest BCUT2D eigenvalue weighted by molar-refractivity contribution is 5.69. The van der Waals surface area contributed by atoms with Crippen LogP contribution in [0.5, 0.6) is 5.75 Å². The number of anilines is 3. The van der Waals surface area contributed by atoms with Crippen LogP contribution >= 0.6 is 0 Å². The molecule has 21 heavy (non-hydrogen) atoms. The molecule has 0 bridgehead atoms. The maximum absolute atomic E-state index is 5.37. The number of unbranched alkanes of at least 4 members (excludes halogenated alkanes) is 1. The highest BCUT2D eigenvalue weighted by Gasteiger charge is 2.10. The van der Waals surface area contributed by atoms with Gasteiger partial charge in [0.05, 0.1) is 7.11 Å². The van der Waals surface area contributed by atoms with Crippen LogP contribution in [0.15, 0.2) is 30.6 Å². The van der Waals surface area contributed by atoms with E-state index in [1.807, 2.05) is 0 Å². The van der Waals surface area contributed by atoms with Crippen LogP contribution in [0.3, 0.4) is 0 Å². The van der Waals surface area contributed by atoms with Gasteiger partial charge >= 0.3 is 0 Å². The molecule has 0 saturated carbocycles. The second-order valence-electron chi connectivity index (χ2n) is 4.78. The van der Waals surface area contributed by atoms with Gasteiger partial charge in [-0.1, -0.05) is 25.5 Å². The topological polar surface area (TPSA) is 59.1 Å². The summed E-state index contributed by atoms with van der Waals surface area (Å²) in [5, 5.41) is 6.25. The minimum absolute atomic E-state index is 0.607. The average Bonchev–Trinajstić information content (AvgIpc) is 2.54. The molecule has 0 atom stereocenters. The van der Waals surface area contributed by atoms with Crippen LogP contribution < -0.4 is 15.4 Å². The Balaban J connectivity index is 2.14. The van der Waals surface area contributed by atoms with E-state index >= 15 is 0 Å². The Morgan fingerprint density at radius 2 is 1.81 bits per heavy atom. The molecule has 0 spiro atoms. The van der Waals surface area contributed by atoms with E-state index in [0.717, 1.165) is 12.1 Å². The third-order valence-corrected chi connectivity index (χ3v) is 3.28. The molecule has 0 unspecified atom stereocenters. The smallest absolute Gasteiger partial charge is 0.204 e. The average molecular weight is 286 g/mol. The molecule has 0 fully saturated rings. The lowest BCUT2D eigenvalue weighted by Gasteiger charge is -2.13. The van der Waals surface area contributed by atoms with Crippen LogP contribution in [0.25, 0.3) is 0 Å². The number of methoxy groups -OCH3 is 1. The number of aromatic nitrogens is 2. The quantitative estimate of drug-likeness (QED) is 0.814. The van der Waals surface area contributed by atoms with E-state index in [2.05, 4.69) is 51.8 Å². The monoisotopic (exact) mass is 286 g/mol. The molecule has 2 N–H and O–H groups in total. The molecule has 2 aromatic rings. The van der Waals surface area contributed by atoms with Crippen molar-refractivity contribution in [1.82, 2.24) is 9.97 Å². The Morgan fingerprint density at radius 1 is 1.10 bits per heavy atom. The summed E-state index contributed by atoms with van der Waals surface area (Å²) in [5.41, 5.74) is 2.34. The predicted molar refractivity (Wildman–Crippen MR) is 86.5 cm³/mol. The molecule has 2 rings (SSSR count). The SMILES string of the molecule is CCCCc1ccc(Nc2ncnc(NC)c2OC)cc1. The zero-order chi connectivity index (χ0) is 15.1. The number of aryl methyl sites for hydroxylation is 1. The lowest BCUT2D eigenvalue weighted by molar-refractivity contribution is 0.415. The Morgan fingerprint density at radius 3 is 2.43 bits per heavy atom. The van der Waals surface area contributed by atoms with Crippen molar-refractivity contribution in [3.05, 3.63) is 36.2 Å². The zero-order valence-electron chi connectivity index (χ0n) is 12.8. The number of hydrogen-bond donors (Lipinski definition) is 2. The van der Waals surface area contributed by atoms with Crippen LogP contribution in [0.4, 0.5) is 17.3 Å². The van der Waals surface area contributed by atoms with E-state index in [1.54, 1.807) is 14.2 Å². The number of ether oxygens (including phenoxy) is 1. The summed E-state index contributed by atoms with van der Waals surface area (Å²) in [4.78, 5) is 8.37. The van der Waals surface area contributed by atoms with Crippen LogP contribution in [0.1, 0.15) is 25.3 Å². The van der Waals surface area contributed by atoms with Crippen LogP contribution in [-0.4, -0.2) is 24.1 Å². The standard InChI is InChI=1S/C16H22N4O/c1-4-5-6-12-7-9-13(10-8-12)20-16-14(21-3)15(17-2)18-11-19-16/h7-11H,4-6H2,1-3H3,(H2,17,18,19,20). The maximum Gasteiger partial charge on any atom is 0.204 e. The van der Waals surface area contributed by atoms with Crippen molar-refractivity contribution in [2.75, 3.05) is 24.8 Å². The van der Waals surface area contributed by atoms with Gasteiger partial charge in [0.15, 0.2) is 11.6 Å². The first-order chi connectivity index (χ1) is 10.3. The van der Waals surface area contributed by atoms with Crippen molar-refractivity contribution in [3.8, 4) is 5.75 Å². The number of nitrogens with zero attached hydrogens (tertiary/aromatic N) is 2. The molecule has 0 amide bonds. The van der Waals surface area contributed by atoms with Crippen LogP contribution in [0.2, 0.25) is 0 Å². The van der Waals surface area contributed by atoms with Gasteiger partial charge in [0.2, 0.25) is 5.75 Å². The lowest BCUT2D eigenvalue weighted by Crippen LogP contribution is -2.03. The van der Waals surface area contributed by atoms with Crippen LogP contribution in [-0.2, 0) is 6.42 Å². The molecular weight excluding hydrogens is 264 g/mol. The molecular formula is C16H22N4O. The highest BCUT2D eigenvalue weighted by Crippen LogP contribution is 2.30. The molecule has 112 valence electrons. The molecule has 0 aliphatic rings. The third kappa shape index (κ3) is 3.84. The van der Waals surface area contributed by atoms with Gasteiger partial charge in [0, 0.05) is 12.7 Å². The molecule has 1 aromatic carbocycles. The summed E-state index contributed by atoms with van der Waals surface area (Å²) in [6.07, 6.45) is 5.06. The van der Waals surface area contributed by atoms with Crippen molar-refractivity contribution >= 4 is 17.3 Å². The van der Waals surface area contributed by atoms with E-state index in [1.165, 1.54) is 24.7 Å². The fourth-order valence-electron chi connectivity index (χ4n) is 2.11. The molecule has 5 nitrogen and oxygen atoms in total. The number of rotatable bonds is 7. The number of hydrogen-bond acceptors (Lipinski definition) is 5. The van der Waals surface area contributed by atoms with Crippen molar-refractivity contribution in [2.45, 2.75) is 26.2 Å². The normalized spacial score (nSPS) is 10.2. The summed E-state index contributed by atoms with van der Waals surface area (Å²) in [6.45, 7) is 2.21. The van der Waals surface area contributed by atoms with E-state index in [4.69, 9.17) is 4.74 Å². The lowest BCUT2D eigenvalue weighted by atomic mass is 10.1. The van der Waals surface area contributed by atoms with Gasteiger partial charge in [-0.25, -0.2) is 9.97 Å². The number of nitrogens with one attached hydrogen (secondary N) is 2. The fraction of sp³-hybridized carbons (Fsp3) is 0.375. The van der Waals surface area contributed by atoms with Gasteiger partial charge in [-0.15, -0.1) is 0 Å². The second kappa shape index (κ2) is 7.47. The summed E-state index contributed by atoms with van der Waals surface area (Å²) >= 11 is 0. The Labute approximate surface area is 125 Å². The van der Waals surface area contributed by atoms with Gasteiger partial charge in [0.1, 0.15) is 6.33 Å². The summed E-state index contributed by atoms with van der Waals surface area (Å²) < 4.78 is 5.37. The molecule has 0 aliphatic heterocycles. The minimum atomic E-state index is 0.607. The minimum Gasteiger partial charge on any atom is -0.490 e. The van der Waals surface area contributed by atoms with Gasteiger partial charge < -0.3 is 15.4 Å². The van der Waals surface area contributed by atoms with Crippen LogP contribution in [0, 0.1) is 0 Å². The highest BCUT2D eigenvalue weighted by atomic mass is 16.5. The van der Waals surface area contributed by atoms with E-state index in [9.17, 15) is 0 Å². The second-order valence-corrected chi connectivity index (χ2v) is 4.78. The van der Waals surface area contributed by atoms with Crippen molar-refractivity contribution < 1.29 is 4.74 Å². The van der Waals surface area contributed by atoms with Crippen molar-refractivity contribution in [1.29, 1.82) is 0 Å². The molecule has 1 aromatic heterocycles. The van der Waals surface area contributed by atoms with Crippen molar-refractivity contribution in [2.24, 2.45) is 0 Å². The van der Waals surface area contributed by atoms with Gasteiger partial charge in [-0.3, -0.25) is 0 Å². The van der Waals surface area contributed by atoms with E-state index in [0.29, 0.717) is 17.4 Å². The first kappa shape index (κ1) is 15.1. The predicted octanol–water partition coefficient (Wildman–Crippen LogP) is 3.61. The summed E-state index contributed by atoms with van der Waals surface area (Å²) in [7, 11) is 3.41. The zero-order valence-corrected chi connectivity index (χ0v) is 12.8. The fourth-order valence-corrected chi connectivity index (χ4v) is 2.11. The van der Waals surface area contributed by atoms with E-state index in [-0.39, 0.29) is 0 Å². The molecule has 0 aliphatic carbocycles. The van der Waals surface area contributed by atoms with Gasteiger partial charge in [-0.05, 0) is 30.5 Å². The largest absolute Gasteiger partial charge is 0.490 e. The van der Waals surface area contributed by atoms with E-state index < -0.39 is 0 Å². The first-order valence-electron chi connectivity index (χ1n) is 7.21. The molecule has 0 saturated heterocycles.